The topological polar surface area (TPSA) is 53.2 Å². The number of nitrogens with zero attached hydrogens (tertiary/aromatic N) is 1. The van der Waals surface area contributed by atoms with Crippen molar-refractivity contribution in [2.45, 2.75) is 110 Å². The second-order valence-corrected chi connectivity index (χ2v) is 9.37. The lowest BCUT2D eigenvalue weighted by Gasteiger charge is -2.08. The molecule has 0 saturated heterocycles. The standard InChI is InChI=1S/C30H46FNO2/c1-2-3-4-5-6-7-8-9-10-11-12-13-14-15-16-17-20-34-26-28(25-33)19-18-27-21-29(24-32)23-30(31)22-27/h21-23,28,33H,2-17,20,25-26H2,1H3/t28-/m0/s1. The third kappa shape index (κ3) is 16.7. The summed E-state index contributed by atoms with van der Waals surface area (Å²) in [5, 5.41) is 18.4. The molecule has 0 unspecified atom stereocenters. The molecular weight excluding hydrogens is 425 g/mol. The monoisotopic (exact) mass is 471 g/mol. The van der Waals surface area contributed by atoms with Gasteiger partial charge in [0.05, 0.1) is 30.8 Å². The van der Waals surface area contributed by atoms with Crippen molar-refractivity contribution in [1.29, 1.82) is 5.26 Å². The van der Waals surface area contributed by atoms with E-state index in [0.717, 1.165) is 6.42 Å². The lowest BCUT2D eigenvalue weighted by atomic mass is 10.0. The number of hydrogen-bond donors (Lipinski definition) is 1. The van der Waals surface area contributed by atoms with Crippen molar-refractivity contribution in [2.75, 3.05) is 19.8 Å². The molecule has 4 heteroatoms. The summed E-state index contributed by atoms with van der Waals surface area (Å²) in [5.41, 5.74) is 0.678. The number of rotatable bonds is 20. The van der Waals surface area contributed by atoms with Crippen LogP contribution in [0.25, 0.3) is 0 Å². The summed E-state index contributed by atoms with van der Waals surface area (Å²) in [5.74, 6) is 4.97. The van der Waals surface area contributed by atoms with Gasteiger partial charge in [-0.3, -0.25) is 0 Å². The minimum atomic E-state index is -0.483. The van der Waals surface area contributed by atoms with Gasteiger partial charge in [-0.05, 0) is 24.6 Å². The van der Waals surface area contributed by atoms with Gasteiger partial charge in [-0.25, -0.2) is 4.39 Å². The summed E-state index contributed by atoms with van der Waals surface area (Å²) in [7, 11) is 0. The normalized spacial score (nSPS) is 11.6. The molecule has 1 aromatic carbocycles. The quantitative estimate of drug-likeness (QED) is 0.155. The number of hydrogen-bond acceptors (Lipinski definition) is 3. The molecule has 0 heterocycles. The number of aliphatic hydroxyl groups excluding tert-OH is 1. The number of halogens is 1. The van der Waals surface area contributed by atoms with E-state index in [1.807, 2.05) is 6.07 Å². The summed E-state index contributed by atoms with van der Waals surface area (Å²) in [6.07, 6.45) is 21.5. The molecule has 1 atom stereocenters. The van der Waals surface area contributed by atoms with Gasteiger partial charge >= 0.3 is 0 Å². The second kappa shape index (κ2) is 21.6. The van der Waals surface area contributed by atoms with Crippen molar-refractivity contribution < 1.29 is 14.2 Å². The Morgan fingerprint density at radius 2 is 1.29 bits per heavy atom. The Morgan fingerprint density at radius 1 is 0.794 bits per heavy atom. The van der Waals surface area contributed by atoms with Crippen LogP contribution in [0.15, 0.2) is 18.2 Å². The average Bonchev–Trinajstić information content (AvgIpc) is 2.84. The van der Waals surface area contributed by atoms with E-state index in [-0.39, 0.29) is 18.1 Å². The van der Waals surface area contributed by atoms with Crippen LogP contribution in [-0.2, 0) is 4.74 Å². The van der Waals surface area contributed by atoms with Gasteiger partial charge in [-0.2, -0.15) is 5.26 Å². The molecule has 0 spiro atoms. The maximum absolute atomic E-state index is 13.5. The molecule has 0 aromatic heterocycles. The first kappa shape index (κ1) is 30.2. The highest BCUT2D eigenvalue weighted by Crippen LogP contribution is 2.14. The Hall–Kier alpha value is -1.88. The fourth-order valence-electron chi connectivity index (χ4n) is 4.03. The Morgan fingerprint density at radius 3 is 1.79 bits per heavy atom. The largest absolute Gasteiger partial charge is 0.395 e. The first-order valence-corrected chi connectivity index (χ1v) is 13.6. The first-order valence-electron chi connectivity index (χ1n) is 13.6. The van der Waals surface area contributed by atoms with Gasteiger partial charge in [0.1, 0.15) is 5.82 Å². The third-order valence-corrected chi connectivity index (χ3v) is 6.13. The minimum absolute atomic E-state index is 0.105. The molecule has 0 aliphatic carbocycles. The van der Waals surface area contributed by atoms with Crippen LogP contribution in [-0.4, -0.2) is 24.9 Å². The van der Waals surface area contributed by atoms with Gasteiger partial charge in [0.25, 0.3) is 0 Å². The Kier molecular flexibility index (Phi) is 19.2. The van der Waals surface area contributed by atoms with Gasteiger partial charge in [0, 0.05) is 12.2 Å². The summed E-state index contributed by atoms with van der Waals surface area (Å²) in [4.78, 5) is 0. The highest BCUT2D eigenvalue weighted by molar-refractivity contribution is 5.42. The Balaban J connectivity index is 1.95. The van der Waals surface area contributed by atoms with Crippen molar-refractivity contribution in [3.05, 3.63) is 35.1 Å². The van der Waals surface area contributed by atoms with Crippen LogP contribution < -0.4 is 0 Å². The van der Waals surface area contributed by atoms with Gasteiger partial charge < -0.3 is 9.84 Å². The smallest absolute Gasteiger partial charge is 0.125 e. The molecule has 0 amide bonds. The summed E-state index contributed by atoms with van der Waals surface area (Å²) >= 11 is 0. The molecule has 0 fully saturated rings. The van der Waals surface area contributed by atoms with Gasteiger partial charge in [-0.15, -0.1) is 0 Å². The van der Waals surface area contributed by atoms with E-state index in [1.54, 1.807) is 6.07 Å². The van der Waals surface area contributed by atoms with Crippen molar-refractivity contribution in [2.24, 2.45) is 5.92 Å². The van der Waals surface area contributed by atoms with Crippen molar-refractivity contribution in [3.63, 3.8) is 0 Å². The number of unbranched alkanes of at least 4 members (excludes halogenated alkanes) is 15. The SMILES string of the molecule is CCCCCCCCCCCCCCCCCCOC[C@@H](C#Cc1cc(F)cc(C#N)c1)CO. The maximum Gasteiger partial charge on any atom is 0.125 e. The number of benzene rings is 1. The molecule has 190 valence electrons. The molecule has 3 nitrogen and oxygen atoms in total. The van der Waals surface area contributed by atoms with Gasteiger partial charge in [0.15, 0.2) is 0 Å². The van der Waals surface area contributed by atoms with Crippen LogP contribution in [0.2, 0.25) is 0 Å². The Bertz CT molecular complexity index is 732. The number of nitriles is 1. The summed E-state index contributed by atoms with van der Waals surface area (Å²) < 4.78 is 19.1. The van der Waals surface area contributed by atoms with Crippen LogP contribution in [0.1, 0.15) is 121 Å². The molecule has 0 radical (unpaired) electrons. The predicted octanol–water partition coefficient (Wildman–Crippen LogP) is 7.94. The summed E-state index contributed by atoms with van der Waals surface area (Å²) in [6, 6.07) is 5.93. The van der Waals surface area contributed by atoms with Crippen LogP contribution >= 0.6 is 0 Å². The minimum Gasteiger partial charge on any atom is -0.395 e. The van der Waals surface area contributed by atoms with Crippen LogP contribution in [0.5, 0.6) is 0 Å². The average molecular weight is 472 g/mol. The second-order valence-electron chi connectivity index (χ2n) is 9.37. The van der Waals surface area contributed by atoms with Crippen LogP contribution in [0, 0.1) is 34.9 Å². The van der Waals surface area contributed by atoms with Crippen LogP contribution in [0.3, 0.4) is 0 Å². The zero-order valence-corrected chi connectivity index (χ0v) is 21.4. The number of aliphatic hydroxyl groups is 1. The summed E-state index contributed by atoms with van der Waals surface area (Å²) in [6.45, 7) is 3.21. The molecule has 1 aromatic rings. The molecular formula is C30H46FNO2. The zero-order valence-electron chi connectivity index (χ0n) is 21.4. The lowest BCUT2D eigenvalue weighted by Crippen LogP contribution is -2.12. The fraction of sp³-hybridized carbons (Fsp3) is 0.700. The Labute approximate surface area is 208 Å². The molecule has 0 aliphatic heterocycles. The molecule has 34 heavy (non-hydrogen) atoms. The predicted molar refractivity (Wildman–Crippen MR) is 139 cm³/mol. The van der Waals surface area contributed by atoms with E-state index >= 15 is 0 Å². The molecule has 0 saturated carbocycles. The fourth-order valence-corrected chi connectivity index (χ4v) is 4.03. The van der Waals surface area contributed by atoms with E-state index in [1.165, 1.54) is 108 Å². The highest BCUT2D eigenvalue weighted by atomic mass is 19.1. The van der Waals surface area contributed by atoms with Crippen molar-refractivity contribution >= 4 is 0 Å². The third-order valence-electron chi connectivity index (χ3n) is 6.13. The molecule has 1 N–H and O–H groups in total. The van der Waals surface area contributed by atoms with Gasteiger partial charge in [0.2, 0.25) is 0 Å². The van der Waals surface area contributed by atoms with E-state index in [2.05, 4.69) is 18.8 Å². The zero-order chi connectivity index (χ0) is 24.7. The first-order chi connectivity index (χ1) is 16.7. The van der Waals surface area contributed by atoms with Crippen LogP contribution in [0.4, 0.5) is 4.39 Å². The number of ether oxygens (including phenoxy) is 1. The van der Waals surface area contributed by atoms with E-state index in [0.29, 0.717) is 18.8 Å². The van der Waals surface area contributed by atoms with Gasteiger partial charge in [-0.1, -0.05) is 115 Å². The van der Waals surface area contributed by atoms with E-state index < -0.39 is 5.82 Å². The molecule has 0 bridgehead atoms. The van der Waals surface area contributed by atoms with Crippen molar-refractivity contribution in [1.82, 2.24) is 0 Å². The van der Waals surface area contributed by atoms with E-state index in [4.69, 9.17) is 10.00 Å². The molecule has 0 aliphatic rings. The maximum atomic E-state index is 13.5. The lowest BCUT2D eigenvalue weighted by molar-refractivity contribution is 0.0900. The highest BCUT2D eigenvalue weighted by Gasteiger charge is 2.04. The van der Waals surface area contributed by atoms with E-state index in [9.17, 15) is 9.50 Å². The van der Waals surface area contributed by atoms with Crippen molar-refractivity contribution in [3.8, 4) is 17.9 Å². The molecule has 1 rings (SSSR count).